The van der Waals surface area contributed by atoms with Gasteiger partial charge >= 0.3 is 29.6 Å². The maximum Gasteiger partial charge on any atom is 1.00 e. The van der Waals surface area contributed by atoms with Gasteiger partial charge in [0.25, 0.3) is 0 Å². The van der Waals surface area contributed by atoms with Crippen LogP contribution < -0.4 is 29.6 Å². The van der Waals surface area contributed by atoms with Crippen LogP contribution in [-0.4, -0.2) is 24.9 Å². The van der Waals surface area contributed by atoms with Crippen LogP contribution in [-0.2, 0) is 38.6 Å². The van der Waals surface area contributed by atoms with Gasteiger partial charge in [-0.1, -0.05) is 19.1 Å². The van der Waals surface area contributed by atoms with E-state index < -0.39 is 16.5 Å². The molecule has 7 heteroatoms. The van der Waals surface area contributed by atoms with Crippen molar-refractivity contribution in [1.29, 1.82) is 0 Å². The largest absolute Gasteiger partial charge is 1.00 e. The number of benzene rings is 1. The number of carbonyl (C=O) groups excluding carboxylic acids is 1. The number of rotatable bonds is 2. The van der Waals surface area contributed by atoms with E-state index in [1.165, 1.54) is 16.7 Å². The van der Waals surface area contributed by atoms with Gasteiger partial charge in [0.1, 0.15) is 5.78 Å². The van der Waals surface area contributed by atoms with Gasteiger partial charge in [-0.2, -0.15) is 0 Å². The zero-order chi connectivity index (χ0) is 17.1. The maximum atomic E-state index is 12.3. The fraction of sp³-hybridized carbons (Fsp3) is 0.611. The van der Waals surface area contributed by atoms with E-state index in [-0.39, 0.29) is 35.0 Å². The molecule has 130 valence electrons. The molecule has 0 aromatic heterocycles. The predicted molar refractivity (Wildman–Crippen MR) is 86.4 cm³/mol. The minimum atomic E-state index is -4.66. The Balaban J connectivity index is 0.00000182. The molecule has 4 rings (SSSR count). The number of fused-ring (bicyclic) bond motifs is 5. The summed E-state index contributed by atoms with van der Waals surface area (Å²) in [7, 11) is -4.66. The van der Waals surface area contributed by atoms with Gasteiger partial charge in [0.15, 0.2) is 0 Å². The Bertz CT molecular complexity index is 819. The van der Waals surface area contributed by atoms with E-state index in [1.807, 2.05) is 6.07 Å². The zero-order valence-electron chi connectivity index (χ0n) is 14.7. The molecule has 25 heavy (non-hydrogen) atoms. The molecule has 0 amide bonds. The van der Waals surface area contributed by atoms with Crippen LogP contribution in [0, 0.1) is 5.41 Å². The molecule has 3 aliphatic carbocycles. The molecule has 1 aromatic carbocycles. The molecule has 0 radical (unpaired) electrons. The van der Waals surface area contributed by atoms with Crippen LogP contribution in [0.3, 0.4) is 0 Å². The Morgan fingerprint density at radius 1 is 1.16 bits per heavy atom. The fourth-order valence-electron chi connectivity index (χ4n) is 5.06. The second-order valence-corrected chi connectivity index (χ2v) is 8.58. The Morgan fingerprint density at radius 2 is 1.92 bits per heavy atom. The Hall–Kier alpha value is -0.240. The van der Waals surface area contributed by atoms with E-state index in [1.54, 1.807) is 0 Å². The van der Waals surface area contributed by atoms with E-state index in [0.29, 0.717) is 31.0 Å². The minimum absolute atomic E-state index is 0. The normalized spacial score (nSPS) is 30.9. The molecule has 1 aromatic rings. The second kappa shape index (κ2) is 6.73. The zero-order valence-corrected chi connectivity index (χ0v) is 17.5. The van der Waals surface area contributed by atoms with E-state index >= 15 is 0 Å². The van der Waals surface area contributed by atoms with Crippen molar-refractivity contribution in [1.82, 2.24) is 0 Å². The van der Waals surface area contributed by atoms with Gasteiger partial charge in [0, 0.05) is 18.3 Å². The molecular formula is C18H21NaO5S. The van der Waals surface area contributed by atoms with Crippen molar-refractivity contribution in [3.8, 4) is 0 Å². The monoisotopic (exact) mass is 372 g/mol. The molecule has 0 saturated heterocycles. The van der Waals surface area contributed by atoms with Crippen molar-refractivity contribution < 1.29 is 51.5 Å². The Morgan fingerprint density at radius 3 is 2.64 bits per heavy atom. The van der Waals surface area contributed by atoms with Crippen LogP contribution in [0.5, 0.6) is 0 Å². The maximum absolute atomic E-state index is 12.3. The molecule has 3 aliphatic rings. The molecule has 0 unspecified atom stereocenters. The van der Waals surface area contributed by atoms with Gasteiger partial charge < -0.3 is 4.55 Å². The number of ketones is 1. The van der Waals surface area contributed by atoms with Crippen molar-refractivity contribution in [2.75, 3.05) is 0 Å². The van der Waals surface area contributed by atoms with E-state index in [9.17, 15) is 17.8 Å². The summed E-state index contributed by atoms with van der Waals surface area (Å²) in [5, 5.41) is 0. The van der Waals surface area contributed by atoms with Crippen LogP contribution in [0.25, 0.3) is 0 Å². The van der Waals surface area contributed by atoms with Crippen molar-refractivity contribution >= 4 is 16.2 Å². The Labute approximate surface area is 170 Å². The average Bonchev–Trinajstić information content (AvgIpc) is 2.81. The summed E-state index contributed by atoms with van der Waals surface area (Å²) in [6, 6.07) is 4.15. The van der Waals surface area contributed by atoms with Crippen molar-refractivity contribution in [3.05, 3.63) is 34.4 Å². The first-order valence-corrected chi connectivity index (χ1v) is 9.92. The van der Waals surface area contributed by atoms with Crippen molar-refractivity contribution in [2.24, 2.45) is 5.41 Å². The van der Waals surface area contributed by atoms with E-state index in [2.05, 4.69) is 17.2 Å². The summed E-state index contributed by atoms with van der Waals surface area (Å²) in [5.74, 6) is 0.708. The van der Waals surface area contributed by atoms with Gasteiger partial charge in [-0.05, 0) is 60.3 Å². The summed E-state index contributed by atoms with van der Waals surface area (Å²) in [6.07, 6.45) is 4.60. The van der Waals surface area contributed by atoms with E-state index in [4.69, 9.17) is 0 Å². The minimum Gasteiger partial charge on any atom is -0.726 e. The third kappa shape index (κ3) is 3.37. The summed E-state index contributed by atoms with van der Waals surface area (Å²) in [4.78, 5) is 12.3. The molecule has 0 spiro atoms. The number of hydrogen-bond donors (Lipinski definition) is 0. The van der Waals surface area contributed by atoms with Gasteiger partial charge in [-0.15, -0.1) is 0 Å². The van der Waals surface area contributed by atoms with E-state index in [0.717, 1.165) is 31.2 Å². The van der Waals surface area contributed by atoms with Crippen molar-refractivity contribution in [3.63, 3.8) is 0 Å². The average molecular weight is 372 g/mol. The standard InChI is InChI=1S/C18H22O5S.Na/c1-18-9-8-14-13-5-3-12(23-24(20,21)22)10-11(13)2-4-15(14)16(18)6-7-17(18)19;/h2,4,12,16H,3,5-10H2,1H3,(H,20,21,22);/q;+1/p-1/t12-,16-,18-;/m0./s1. The molecule has 3 atom stereocenters. The van der Waals surface area contributed by atoms with Gasteiger partial charge in [0.05, 0.1) is 6.10 Å². The smallest absolute Gasteiger partial charge is 0.726 e. The summed E-state index contributed by atoms with van der Waals surface area (Å²) >= 11 is 0. The van der Waals surface area contributed by atoms with Gasteiger partial charge in [-0.25, -0.2) is 8.42 Å². The second-order valence-electron chi connectivity index (χ2n) is 7.57. The van der Waals surface area contributed by atoms with Crippen LogP contribution in [0.1, 0.15) is 60.8 Å². The molecule has 1 saturated carbocycles. The summed E-state index contributed by atoms with van der Waals surface area (Å²) in [5.41, 5.74) is 4.83. The van der Waals surface area contributed by atoms with Gasteiger partial charge in [-0.3, -0.25) is 8.98 Å². The number of hydrogen-bond acceptors (Lipinski definition) is 5. The van der Waals surface area contributed by atoms with Crippen molar-refractivity contribution in [2.45, 2.75) is 63.9 Å². The predicted octanol–water partition coefficient (Wildman–Crippen LogP) is -0.576. The first kappa shape index (κ1) is 19.5. The van der Waals surface area contributed by atoms with Crippen LogP contribution in [0.15, 0.2) is 12.1 Å². The molecular weight excluding hydrogens is 351 g/mol. The number of carbonyl (C=O) groups is 1. The van der Waals surface area contributed by atoms with Crippen LogP contribution >= 0.6 is 0 Å². The Kier molecular flexibility index (Phi) is 5.26. The quantitative estimate of drug-likeness (QED) is 0.394. The molecule has 0 N–H and O–H groups in total. The molecule has 0 bridgehead atoms. The first-order chi connectivity index (χ1) is 11.3. The molecule has 0 heterocycles. The van der Waals surface area contributed by atoms with Crippen LogP contribution in [0.4, 0.5) is 0 Å². The number of Topliss-reactive ketones (excluding diaryl/α,β-unsaturated/α-hetero) is 1. The molecule has 0 aliphatic heterocycles. The third-order valence-corrected chi connectivity index (χ3v) is 6.83. The SMILES string of the molecule is C[C@]12CCc3c(ccc4c3CC[C@H](OS(=O)(=O)[O-])C4)[C@@H]1CCC2=O.[Na+]. The van der Waals surface area contributed by atoms with Gasteiger partial charge in [0.2, 0.25) is 10.4 Å². The summed E-state index contributed by atoms with van der Waals surface area (Å²) < 4.78 is 37.1. The third-order valence-electron chi connectivity index (χ3n) is 6.32. The fourth-order valence-corrected chi connectivity index (χ4v) is 5.55. The summed E-state index contributed by atoms with van der Waals surface area (Å²) in [6.45, 7) is 2.11. The topological polar surface area (TPSA) is 83.5 Å². The molecule has 5 nitrogen and oxygen atoms in total. The first-order valence-electron chi connectivity index (χ1n) is 8.59. The van der Waals surface area contributed by atoms with Crippen LogP contribution in [0.2, 0.25) is 0 Å². The molecule has 1 fully saturated rings.